The average molecular weight is 258 g/mol. The lowest BCUT2D eigenvalue weighted by molar-refractivity contribution is -0.384. The van der Waals surface area contributed by atoms with E-state index in [-0.39, 0.29) is 11.7 Å². The number of nitrogens with zero attached hydrogens (tertiary/aromatic N) is 4. The van der Waals surface area contributed by atoms with Gasteiger partial charge in [0.1, 0.15) is 0 Å². The summed E-state index contributed by atoms with van der Waals surface area (Å²) in [5.74, 6) is 0.339. The molecular weight excluding hydrogens is 244 g/mol. The SMILES string of the molecule is C[C@@H](c1ccccn1)N(C)c1ncccc1[N+](=O)[O-]. The Balaban J connectivity index is 2.34. The maximum Gasteiger partial charge on any atom is 0.311 e. The predicted molar refractivity (Wildman–Crippen MR) is 71.9 cm³/mol. The van der Waals surface area contributed by atoms with Crippen molar-refractivity contribution in [3.8, 4) is 0 Å². The van der Waals surface area contributed by atoms with Crippen LogP contribution in [0.1, 0.15) is 18.7 Å². The molecule has 2 aromatic rings. The number of anilines is 1. The average Bonchev–Trinajstić information content (AvgIpc) is 2.46. The van der Waals surface area contributed by atoms with Crippen molar-refractivity contribution in [3.05, 3.63) is 58.5 Å². The Morgan fingerprint density at radius 3 is 2.58 bits per heavy atom. The van der Waals surface area contributed by atoms with Crippen LogP contribution < -0.4 is 4.90 Å². The maximum atomic E-state index is 11.0. The van der Waals surface area contributed by atoms with E-state index in [9.17, 15) is 10.1 Å². The first-order valence-corrected chi connectivity index (χ1v) is 5.84. The second-order valence-electron chi connectivity index (χ2n) is 4.14. The Morgan fingerprint density at radius 1 is 1.21 bits per heavy atom. The van der Waals surface area contributed by atoms with Gasteiger partial charge in [-0.2, -0.15) is 0 Å². The summed E-state index contributed by atoms with van der Waals surface area (Å²) >= 11 is 0. The van der Waals surface area contributed by atoms with Gasteiger partial charge in [0.2, 0.25) is 5.82 Å². The Morgan fingerprint density at radius 2 is 1.95 bits per heavy atom. The summed E-state index contributed by atoms with van der Waals surface area (Å²) in [6.07, 6.45) is 3.25. The van der Waals surface area contributed by atoms with E-state index >= 15 is 0 Å². The molecule has 0 spiro atoms. The van der Waals surface area contributed by atoms with Crippen LogP contribution in [0, 0.1) is 10.1 Å². The molecule has 0 aliphatic carbocycles. The van der Waals surface area contributed by atoms with Gasteiger partial charge < -0.3 is 4.90 Å². The summed E-state index contributed by atoms with van der Waals surface area (Å²) < 4.78 is 0. The Hall–Kier alpha value is -2.50. The van der Waals surface area contributed by atoms with Crippen LogP contribution in [-0.2, 0) is 0 Å². The van der Waals surface area contributed by atoms with Crippen LogP contribution in [0.4, 0.5) is 11.5 Å². The second kappa shape index (κ2) is 5.43. The number of hydrogen-bond acceptors (Lipinski definition) is 5. The Kier molecular flexibility index (Phi) is 3.70. The van der Waals surface area contributed by atoms with Gasteiger partial charge >= 0.3 is 5.69 Å². The number of pyridine rings is 2. The first-order valence-electron chi connectivity index (χ1n) is 5.84. The van der Waals surface area contributed by atoms with Gasteiger partial charge in [0.25, 0.3) is 0 Å². The largest absolute Gasteiger partial charge is 0.346 e. The van der Waals surface area contributed by atoms with Crippen molar-refractivity contribution >= 4 is 11.5 Å². The highest BCUT2D eigenvalue weighted by atomic mass is 16.6. The molecule has 98 valence electrons. The van der Waals surface area contributed by atoms with E-state index in [1.54, 1.807) is 30.4 Å². The van der Waals surface area contributed by atoms with Crippen molar-refractivity contribution in [3.63, 3.8) is 0 Å². The highest BCUT2D eigenvalue weighted by molar-refractivity contribution is 5.57. The first kappa shape index (κ1) is 12.9. The fourth-order valence-corrected chi connectivity index (χ4v) is 1.81. The van der Waals surface area contributed by atoms with E-state index in [0.29, 0.717) is 5.82 Å². The quantitative estimate of drug-likeness (QED) is 0.622. The number of nitro groups is 1. The summed E-state index contributed by atoms with van der Waals surface area (Å²) in [6, 6.07) is 8.51. The zero-order chi connectivity index (χ0) is 13.8. The van der Waals surface area contributed by atoms with Crippen molar-refractivity contribution in [1.82, 2.24) is 9.97 Å². The molecule has 2 rings (SSSR count). The van der Waals surface area contributed by atoms with Crippen LogP contribution >= 0.6 is 0 Å². The molecule has 6 nitrogen and oxygen atoms in total. The van der Waals surface area contributed by atoms with Crippen LogP contribution in [0.25, 0.3) is 0 Å². The lowest BCUT2D eigenvalue weighted by Crippen LogP contribution is -2.24. The summed E-state index contributed by atoms with van der Waals surface area (Å²) in [7, 11) is 1.77. The predicted octanol–water partition coefficient (Wildman–Crippen LogP) is 2.58. The van der Waals surface area contributed by atoms with Gasteiger partial charge in [0.05, 0.1) is 16.7 Å². The lowest BCUT2D eigenvalue weighted by Gasteiger charge is -2.24. The topological polar surface area (TPSA) is 72.2 Å². The minimum atomic E-state index is -0.427. The molecule has 0 unspecified atom stereocenters. The van der Waals surface area contributed by atoms with Gasteiger partial charge in [-0.15, -0.1) is 0 Å². The van der Waals surface area contributed by atoms with Gasteiger partial charge in [-0.05, 0) is 25.1 Å². The number of hydrogen-bond donors (Lipinski definition) is 0. The van der Waals surface area contributed by atoms with Crippen LogP contribution in [0.15, 0.2) is 42.7 Å². The second-order valence-corrected chi connectivity index (χ2v) is 4.14. The third-order valence-corrected chi connectivity index (χ3v) is 2.99. The highest BCUT2D eigenvalue weighted by Crippen LogP contribution is 2.29. The summed E-state index contributed by atoms with van der Waals surface area (Å²) in [6.45, 7) is 1.93. The first-order chi connectivity index (χ1) is 9.11. The van der Waals surface area contributed by atoms with Crippen LogP contribution in [0.5, 0.6) is 0 Å². The molecule has 0 saturated heterocycles. The summed E-state index contributed by atoms with van der Waals surface area (Å²) in [5, 5.41) is 11.0. The Bertz CT molecular complexity index is 574. The maximum absolute atomic E-state index is 11.0. The van der Waals surface area contributed by atoms with Crippen molar-refractivity contribution < 1.29 is 4.92 Å². The third kappa shape index (κ3) is 2.67. The minimum absolute atomic E-state index is 0.00668. The van der Waals surface area contributed by atoms with E-state index < -0.39 is 4.92 Å². The molecule has 0 amide bonds. The zero-order valence-corrected chi connectivity index (χ0v) is 10.7. The fourth-order valence-electron chi connectivity index (χ4n) is 1.81. The molecule has 1 atom stereocenters. The van der Waals surface area contributed by atoms with Crippen LogP contribution in [-0.4, -0.2) is 21.9 Å². The Labute approximate surface area is 110 Å². The molecule has 2 heterocycles. The van der Waals surface area contributed by atoms with Crippen molar-refractivity contribution in [1.29, 1.82) is 0 Å². The molecule has 6 heteroatoms. The molecule has 0 radical (unpaired) electrons. The summed E-state index contributed by atoms with van der Waals surface area (Å²) in [4.78, 5) is 20.7. The molecule has 0 saturated carbocycles. The standard InChI is InChI=1S/C13H14N4O2/c1-10(11-6-3-4-8-14-11)16(2)13-12(17(18)19)7-5-9-15-13/h3-10H,1-2H3/t10-/m0/s1. The molecular formula is C13H14N4O2. The van der Waals surface area contributed by atoms with E-state index in [4.69, 9.17) is 0 Å². The van der Waals surface area contributed by atoms with E-state index in [2.05, 4.69) is 9.97 Å². The normalized spacial score (nSPS) is 11.9. The van der Waals surface area contributed by atoms with E-state index in [1.807, 2.05) is 25.1 Å². The van der Waals surface area contributed by atoms with E-state index in [0.717, 1.165) is 5.69 Å². The van der Waals surface area contributed by atoms with Crippen molar-refractivity contribution in [2.45, 2.75) is 13.0 Å². The minimum Gasteiger partial charge on any atom is -0.346 e. The van der Waals surface area contributed by atoms with Crippen LogP contribution in [0.2, 0.25) is 0 Å². The monoisotopic (exact) mass is 258 g/mol. The van der Waals surface area contributed by atoms with Gasteiger partial charge in [0.15, 0.2) is 0 Å². The van der Waals surface area contributed by atoms with Gasteiger partial charge in [-0.1, -0.05) is 6.07 Å². The lowest BCUT2D eigenvalue weighted by atomic mass is 10.2. The molecule has 0 N–H and O–H groups in total. The van der Waals surface area contributed by atoms with Gasteiger partial charge in [0, 0.05) is 25.5 Å². The highest BCUT2D eigenvalue weighted by Gasteiger charge is 2.22. The molecule has 2 aromatic heterocycles. The van der Waals surface area contributed by atoms with E-state index in [1.165, 1.54) is 6.07 Å². The number of rotatable bonds is 4. The summed E-state index contributed by atoms with van der Waals surface area (Å²) in [5.41, 5.74) is 0.831. The molecule has 19 heavy (non-hydrogen) atoms. The van der Waals surface area contributed by atoms with Gasteiger partial charge in [-0.3, -0.25) is 15.1 Å². The third-order valence-electron chi connectivity index (χ3n) is 2.99. The molecule has 0 aliphatic heterocycles. The van der Waals surface area contributed by atoms with Gasteiger partial charge in [-0.25, -0.2) is 4.98 Å². The van der Waals surface area contributed by atoms with Crippen molar-refractivity contribution in [2.75, 3.05) is 11.9 Å². The van der Waals surface area contributed by atoms with Crippen LogP contribution in [0.3, 0.4) is 0 Å². The molecule has 0 aliphatic rings. The molecule has 0 fully saturated rings. The molecule has 0 aromatic carbocycles. The zero-order valence-electron chi connectivity index (χ0n) is 10.7. The number of aromatic nitrogens is 2. The molecule has 0 bridgehead atoms. The fraction of sp³-hybridized carbons (Fsp3) is 0.231. The smallest absolute Gasteiger partial charge is 0.311 e. The van der Waals surface area contributed by atoms with Crippen molar-refractivity contribution in [2.24, 2.45) is 0 Å².